The molecule has 1 aliphatic rings. The van der Waals surface area contributed by atoms with Gasteiger partial charge in [-0.2, -0.15) is 0 Å². The van der Waals surface area contributed by atoms with Gasteiger partial charge >= 0.3 is 0 Å². The van der Waals surface area contributed by atoms with Crippen LogP contribution in [0.4, 0.5) is 0 Å². The van der Waals surface area contributed by atoms with Crippen molar-refractivity contribution in [3.05, 3.63) is 72.5 Å². The Balaban J connectivity index is 1.40. The second-order valence-electron chi connectivity index (χ2n) is 6.24. The fraction of sp³-hybridized carbons (Fsp3) is 0.190. The van der Waals surface area contributed by atoms with Crippen molar-refractivity contribution >= 4 is 5.91 Å². The number of likely N-dealkylation sites (N-methyl/N-ethyl adjacent to an activating group) is 1. The van der Waals surface area contributed by atoms with E-state index in [0.717, 1.165) is 17.1 Å². The molecular weight excluding hydrogens is 330 g/mol. The fourth-order valence-corrected chi connectivity index (χ4v) is 2.98. The first kappa shape index (κ1) is 16.3. The monoisotopic (exact) mass is 349 g/mol. The van der Waals surface area contributed by atoms with E-state index in [4.69, 9.17) is 13.9 Å². The van der Waals surface area contributed by atoms with E-state index in [1.807, 2.05) is 60.7 Å². The van der Waals surface area contributed by atoms with Crippen molar-refractivity contribution in [3.8, 4) is 22.8 Å². The molecule has 0 saturated heterocycles. The lowest BCUT2D eigenvalue weighted by molar-refractivity contribution is 0.0521. The van der Waals surface area contributed by atoms with Crippen LogP contribution in [0.15, 0.2) is 71.3 Å². The van der Waals surface area contributed by atoms with Gasteiger partial charge in [-0.25, -0.2) is 0 Å². The molecule has 1 aliphatic heterocycles. The molecule has 0 bridgehead atoms. The lowest BCUT2D eigenvalue weighted by atomic mass is 10.1. The summed E-state index contributed by atoms with van der Waals surface area (Å²) < 4.78 is 17.0. The number of fused-ring (bicyclic) bond motifs is 1. The van der Waals surface area contributed by atoms with Gasteiger partial charge in [0.2, 0.25) is 0 Å². The van der Waals surface area contributed by atoms with Crippen molar-refractivity contribution in [2.45, 2.75) is 6.10 Å². The molecule has 2 aromatic carbocycles. The predicted molar refractivity (Wildman–Crippen MR) is 97.5 cm³/mol. The molecule has 1 aromatic heterocycles. The van der Waals surface area contributed by atoms with Crippen LogP contribution in [-0.2, 0) is 0 Å². The Labute approximate surface area is 151 Å². The molecule has 5 heteroatoms. The van der Waals surface area contributed by atoms with Gasteiger partial charge in [0.25, 0.3) is 5.91 Å². The first-order chi connectivity index (χ1) is 12.7. The minimum atomic E-state index is -0.193. The van der Waals surface area contributed by atoms with Crippen LogP contribution in [0.5, 0.6) is 11.5 Å². The van der Waals surface area contributed by atoms with Crippen molar-refractivity contribution in [2.24, 2.45) is 0 Å². The number of carbonyl (C=O) groups excluding carboxylic acids is 1. The molecule has 3 aromatic rings. The minimum Gasteiger partial charge on any atom is -0.486 e. The average molecular weight is 349 g/mol. The van der Waals surface area contributed by atoms with Crippen molar-refractivity contribution in [1.29, 1.82) is 0 Å². The summed E-state index contributed by atoms with van der Waals surface area (Å²) in [6.45, 7) is 0.874. The van der Waals surface area contributed by atoms with Gasteiger partial charge in [0.15, 0.2) is 17.6 Å². The summed E-state index contributed by atoms with van der Waals surface area (Å²) in [4.78, 5) is 14.3. The first-order valence-electron chi connectivity index (χ1n) is 8.48. The Morgan fingerprint density at radius 3 is 2.54 bits per heavy atom. The highest BCUT2D eigenvalue weighted by atomic mass is 16.6. The summed E-state index contributed by atoms with van der Waals surface area (Å²) in [5.74, 6) is 2.18. The molecule has 1 amide bonds. The smallest absolute Gasteiger partial charge is 0.253 e. The molecule has 4 rings (SSSR count). The van der Waals surface area contributed by atoms with Gasteiger partial charge in [-0.3, -0.25) is 4.79 Å². The van der Waals surface area contributed by atoms with Crippen molar-refractivity contribution in [3.63, 3.8) is 0 Å². The van der Waals surface area contributed by atoms with Gasteiger partial charge in [-0.1, -0.05) is 24.3 Å². The summed E-state index contributed by atoms with van der Waals surface area (Å²) in [6.07, 6.45) is 1.44. The maximum atomic E-state index is 12.7. The molecule has 0 N–H and O–H groups in total. The average Bonchev–Trinajstić information content (AvgIpc) is 3.22. The minimum absolute atomic E-state index is 0.0570. The number of rotatable bonds is 4. The van der Waals surface area contributed by atoms with Gasteiger partial charge in [0.05, 0.1) is 12.8 Å². The molecular formula is C21H19NO4. The molecule has 0 unspecified atom stereocenters. The lowest BCUT2D eigenvalue weighted by Crippen LogP contribution is -2.41. The van der Waals surface area contributed by atoms with Crippen LogP contribution >= 0.6 is 0 Å². The molecule has 5 nitrogen and oxygen atoms in total. The van der Waals surface area contributed by atoms with E-state index in [2.05, 4.69) is 0 Å². The van der Waals surface area contributed by atoms with Crippen LogP contribution in [0, 0.1) is 0 Å². The Morgan fingerprint density at radius 1 is 1.04 bits per heavy atom. The standard InChI is InChI=1S/C21H19NO4/c1-22(13-17-14-25-19-5-2-3-6-20(19)26-17)21(23)16-10-8-15(9-11-16)18-7-4-12-24-18/h2-12,17H,13-14H2,1H3/t17-/m1/s1. The molecule has 0 spiro atoms. The van der Waals surface area contributed by atoms with Gasteiger partial charge in [-0.15, -0.1) is 0 Å². The van der Waals surface area contributed by atoms with Crippen LogP contribution in [0.1, 0.15) is 10.4 Å². The third-order valence-electron chi connectivity index (χ3n) is 4.33. The van der Waals surface area contributed by atoms with Crippen LogP contribution in [-0.4, -0.2) is 37.1 Å². The fourth-order valence-electron chi connectivity index (χ4n) is 2.98. The highest BCUT2D eigenvalue weighted by molar-refractivity contribution is 5.94. The molecule has 132 valence electrons. The van der Waals surface area contributed by atoms with Gasteiger partial charge in [0, 0.05) is 18.2 Å². The van der Waals surface area contributed by atoms with Crippen molar-refractivity contribution in [1.82, 2.24) is 4.90 Å². The largest absolute Gasteiger partial charge is 0.486 e. The molecule has 26 heavy (non-hydrogen) atoms. The van der Waals surface area contributed by atoms with E-state index < -0.39 is 0 Å². The summed E-state index contributed by atoms with van der Waals surface area (Å²) in [7, 11) is 1.77. The molecule has 0 aliphatic carbocycles. The third-order valence-corrected chi connectivity index (χ3v) is 4.33. The molecule has 2 heterocycles. The Hall–Kier alpha value is -3.21. The second-order valence-corrected chi connectivity index (χ2v) is 6.24. The number of ether oxygens (including phenoxy) is 2. The normalized spacial score (nSPS) is 15.5. The Kier molecular flexibility index (Phi) is 4.35. The quantitative estimate of drug-likeness (QED) is 0.718. The van der Waals surface area contributed by atoms with Crippen molar-refractivity contribution < 1.29 is 18.7 Å². The number of benzene rings is 2. The number of furan rings is 1. The highest BCUT2D eigenvalue weighted by Crippen LogP contribution is 2.31. The van der Waals surface area contributed by atoms with Crippen LogP contribution in [0.25, 0.3) is 11.3 Å². The molecule has 0 saturated carbocycles. The highest BCUT2D eigenvalue weighted by Gasteiger charge is 2.24. The third kappa shape index (κ3) is 3.28. The number of carbonyl (C=O) groups is 1. The lowest BCUT2D eigenvalue weighted by Gasteiger charge is -2.29. The van der Waals surface area contributed by atoms with E-state index in [1.54, 1.807) is 18.2 Å². The van der Waals surface area contributed by atoms with Gasteiger partial charge < -0.3 is 18.8 Å². The zero-order chi connectivity index (χ0) is 17.9. The summed E-state index contributed by atoms with van der Waals surface area (Å²) >= 11 is 0. The molecule has 0 radical (unpaired) electrons. The maximum Gasteiger partial charge on any atom is 0.253 e. The van der Waals surface area contributed by atoms with E-state index >= 15 is 0 Å². The number of hydrogen-bond donors (Lipinski definition) is 0. The van der Waals surface area contributed by atoms with Crippen LogP contribution < -0.4 is 9.47 Å². The summed E-state index contributed by atoms with van der Waals surface area (Å²) in [6, 6.07) is 18.7. The second kappa shape index (κ2) is 6.96. The predicted octanol–water partition coefficient (Wildman–Crippen LogP) is 3.86. The Bertz CT molecular complexity index is 887. The van der Waals surface area contributed by atoms with Crippen LogP contribution in [0.3, 0.4) is 0 Å². The van der Waals surface area contributed by atoms with Gasteiger partial charge in [0.1, 0.15) is 12.4 Å². The van der Waals surface area contributed by atoms with Gasteiger partial charge in [-0.05, 0) is 36.4 Å². The number of amides is 1. The number of para-hydroxylation sites is 2. The van der Waals surface area contributed by atoms with E-state index in [-0.39, 0.29) is 12.0 Å². The van der Waals surface area contributed by atoms with Crippen LogP contribution in [0.2, 0.25) is 0 Å². The van der Waals surface area contributed by atoms with E-state index in [9.17, 15) is 4.79 Å². The Morgan fingerprint density at radius 2 is 1.81 bits per heavy atom. The maximum absolute atomic E-state index is 12.7. The molecule has 0 fully saturated rings. The SMILES string of the molecule is CN(C[C@@H]1COc2ccccc2O1)C(=O)c1ccc(-c2ccco2)cc1. The van der Waals surface area contributed by atoms with E-state index in [1.165, 1.54) is 0 Å². The molecule has 1 atom stereocenters. The van der Waals surface area contributed by atoms with E-state index in [0.29, 0.717) is 24.5 Å². The number of nitrogens with zero attached hydrogens (tertiary/aromatic N) is 1. The van der Waals surface area contributed by atoms with Crippen molar-refractivity contribution in [2.75, 3.05) is 20.2 Å². The topological polar surface area (TPSA) is 51.9 Å². The zero-order valence-electron chi connectivity index (χ0n) is 14.4. The summed E-state index contributed by atoms with van der Waals surface area (Å²) in [5.41, 5.74) is 1.56. The zero-order valence-corrected chi connectivity index (χ0v) is 14.4. The first-order valence-corrected chi connectivity index (χ1v) is 8.48. The number of hydrogen-bond acceptors (Lipinski definition) is 4. The summed E-state index contributed by atoms with van der Waals surface area (Å²) in [5, 5.41) is 0.